The summed E-state index contributed by atoms with van der Waals surface area (Å²) in [5.74, 6) is -1.65. The molecule has 0 radical (unpaired) electrons. The molecule has 2 saturated heterocycles. The Labute approximate surface area is 333 Å². The Hall–Kier alpha value is -5.86. The number of aliphatic hydroxyl groups excluding tert-OH is 1. The molecule has 57 heavy (non-hydrogen) atoms. The van der Waals surface area contributed by atoms with Crippen molar-refractivity contribution in [1.29, 1.82) is 0 Å². The number of aromatic carboxylic acids is 1. The molecule has 7 rings (SSSR count). The second-order valence-electron chi connectivity index (χ2n) is 13.9. The second-order valence-corrected chi connectivity index (χ2v) is 14.9. The summed E-state index contributed by atoms with van der Waals surface area (Å²) in [6, 6.07) is 34.2. The van der Waals surface area contributed by atoms with Crippen LogP contribution in [0.3, 0.4) is 0 Å². The number of alkyl carbamates (subject to hydrolysis) is 1. The number of carboxylic acids is 1. The van der Waals surface area contributed by atoms with Crippen molar-refractivity contribution in [2.24, 2.45) is 5.92 Å². The minimum absolute atomic E-state index is 0.0329. The number of hydrogen-bond donors (Lipinski definition) is 3. The fraction of sp³-hybridized carbons (Fsp3) is 0.250. The fourth-order valence-corrected chi connectivity index (χ4v) is 8.06. The molecule has 2 aliphatic rings. The van der Waals surface area contributed by atoms with Crippen molar-refractivity contribution in [3.63, 3.8) is 0 Å². The zero-order valence-electron chi connectivity index (χ0n) is 31.0. The Morgan fingerprint density at radius 2 is 1.60 bits per heavy atom. The number of pyridine rings is 1. The van der Waals surface area contributed by atoms with Crippen molar-refractivity contribution in [1.82, 2.24) is 15.2 Å². The van der Waals surface area contributed by atoms with Crippen molar-refractivity contribution in [3.05, 3.63) is 155 Å². The molecule has 12 nitrogen and oxygen atoms in total. The molecule has 0 aliphatic carbocycles. The molecule has 3 heterocycles. The molecule has 2 aliphatic heterocycles. The molecule has 292 valence electrons. The van der Waals surface area contributed by atoms with Crippen LogP contribution in [0, 0.1) is 5.92 Å². The summed E-state index contributed by atoms with van der Waals surface area (Å²) in [4.78, 5) is 56.0. The Morgan fingerprint density at radius 1 is 0.860 bits per heavy atom. The number of nitrogens with zero attached hydrogens (tertiary/aromatic N) is 2. The first kappa shape index (κ1) is 39.4. The average molecular weight is 788 g/mol. The minimum Gasteiger partial charge on any atom is -0.478 e. The van der Waals surface area contributed by atoms with Gasteiger partial charge in [-0.15, -0.1) is 11.8 Å². The number of imide groups is 1. The standard InChI is InChI=1S/C44H41N3O9S/c1-27-37(26-57-40-35(42(51)52)14-7-19-45-40)55-43(56-39(27)31-17-15-28(24-48)16-18-31)34-13-6-12-33(21-34)32-11-5-10-30(20-32)23-47-38(49)22-36(41(47)50)46-44(53)54-25-29-8-3-2-4-9-29/h2-21,27,36-37,39,43,48H,22-26H2,1H3,(H,46,53)(H,51,52)/t27-,36?,37+,39+,43+/m1/s1. The van der Waals surface area contributed by atoms with Gasteiger partial charge in [0.05, 0.1) is 37.3 Å². The first-order chi connectivity index (χ1) is 27.7. The van der Waals surface area contributed by atoms with E-state index in [0.29, 0.717) is 10.8 Å². The molecule has 1 unspecified atom stereocenters. The lowest BCUT2D eigenvalue weighted by atomic mass is 9.91. The molecule has 2 fully saturated rings. The summed E-state index contributed by atoms with van der Waals surface area (Å²) in [7, 11) is 0. The van der Waals surface area contributed by atoms with Gasteiger partial charge < -0.3 is 29.7 Å². The number of hydrogen-bond acceptors (Lipinski definition) is 10. The fourth-order valence-electron chi connectivity index (χ4n) is 6.91. The minimum atomic E-state index is -1.05. The van der Waals surface area contributed by atoms with E-state index >= 15 is 0 Å². The number of carboxylic acid groups (broad SMARTS) is 1. The van der Waals surface area contributed by atoms with Crippen LogP contribution < -0.4 is 5.32 Å². The van der Waals surface area contributed by atoms with E-state index in [9.17, 15) is 29.4 Å². The average Bonchev–Trinajstić information content (AvgIpc) is 3.50. The lowest BCUT2D eigenvalue weighted by molar-refractivity contribution is -0.268. The highest BCUT2D eigenvalue weighted by atomic mass is 32.2. The molecular formula is C44H41N3O9S. The molecule has 0 bridgehead atoms. The van der Waals surface area contributed by atoms with Crippen LogP contribution in [-0.2, 0) is 43.6 Å². The van der Waals surface area contributed by atoms with Gasteiger partial charge in [0, 0.05) is 23.4 Å². The number of nitrogens with one attached hydrogen (secondary N) is 1. The van der Waals surface area contributed by atoms with Gasteiger partial charge in [-0.2, -0.15) is 0 Å². The topological polar surface area (TPSA) is 165 Å². The zero-order chi connectivity index (χ0) is 39.9. The maximum Gasteiger partial charge on any atom is 0.408 e. The number of aromatic nitrogens is 1. The van der Waals surface area contributed by atoms with Crippen molar-refractivity contribution in [2.75, 3.05) is 5.75 Å². The number of likely N-dealkylation sites (tertiary alicyclic amines) is 1. The van der Waals surface area contributed by atoms with Crippen molar-refractivity contribution >= 4 is 35.6 Å². The summed E-state index contributed by atoms with van der Waals surface area (Å²) < 4.78 is 18.5. The third-order valence-electron chi connectivity index (χ3n) is 10.0. The van der Waals surface area contributed by atoms with E-state index in [4.69, 9.17) is 14.2 Å². The number of aliphatic hydroxyl groups is 1. The number of benzene rings is 4. The Bertz CT molecular complexity index is 2240. The summed E-state index contributed by atoms with van der Waals surface area (Å²) in [5, 5.41) is 22.3. The quantitative estimate of drug-likeness (QED) is 0.0826. The monoisotopic (exact) mass is 787 g/mol. The number of amides is 3. The number of carbonyl (C=O) groups excluding carboxylic acids is 3. The van der Waals surface area contributed by atoms with Crippen LogP contribution in [0.15, 0.2) is 126 Å². The Balaban J connectivity index is 1.06. The first-order valence-electron chi connectivity index (χ1n) is 18.5. The van der Waals surface area contributed by atoms with Crippen LogP contribution >= 0.6 is 11.8 Å². The third-order valence-corrected chi connectivity index (χ3v) is 11.1. The third kappa shape index (κ3) is 9.41. The predicted molar refractivity (Wildman–Crippen MR) is 210 cm³/mol. The second kappa shape index (κ2) is 17.9. The molecule has 13 heteroatoms. The molecule has 5 aromatic rings. The van der Waals surface area contributed by atoms with E-state index in [1.165, 1.54) is 17.8 Å². The molecular weight excluding hydrogens is 747 g/mol. The van der Waals surface area contributed by atoms with Gasteiger partial charge in [0.15, 0.2) is 6.29 Å². The maximum atomic E-state index is 13.3. The van der Waals surface area contributed by atoms with E-state index in [-0.39, 0.29) is 49.9 Å². The predicted octanol–water partition coefficient (Wildman–Crippen LogP) is 7.08. The van der Waals surface area contributed by atoms with E-state index in [0.717, 1.165) is 43.8 Å². The normalized spacial score (nSPS) is 20.7. The highest BCUT2D eigenvalue weighted by molar-refractivity contribution is 7.99. The maximum absolute atomic E-state index is 13.3. The molecule has 0 saturated carbocycles. The van der Waals surface area contributed by atoms with Crippen LogP contribution in [0.25, 0.3) is 11.1 Å². The SMILES string of the molecule is C[C@@H]1[C@H](CSc2ncccc2C(=O)O)O[C@H](c2cccc(-c3cccc(CN4C(=O)CC(NC(=O)OCc5ccccc5)C4=O)c3)c2)O[C@@H]1c1ccc(CO)cc1. The van der Waals surface area contributed by atoms with Crippen molar-refractivity contribution in [3.8, 4) is 11.1 Å². The van der Waals surface area contributed by atoms with E-state index < -0.39 is 36.2 Å². The lowest BCUT2D eigenvalue weighted by Crippen LogP contribution is -2.41. The summed E-state index contributed by atoms with van der Waals surface area (Å²) in [5.41, 5.74) is 5.81. The number of carbonyl (C=O) groups is 4. The van der Waals surface area contributed by atoms with Gasteiger partial charge in [-0.25, -0.2) is 14.6 Å². The molecule has 0 spiro atoms. The van der Waals surface area contributed by atoms with Crippen LogP contribution in [0.1, 0.15) is 63.9 Å². The molecule has 3 amide bonds. The zero-order valence-corrected chi connectivity index (χ0v) is 31.8. The van der Waals surface area contributed by atoms with Gasteiger partial charge in [0.25, 0.3) is 5.91 Å². The summed E-state index contributed by atoms with van der Waals surface area (Å²) in [6.45, 7) is 2.03. The van der Waals surface area contributed by atoms with Crippen molar-refractivity contribution < 1.29 is 43.6 Å². The van der Waals surface area contributed by atoms with Gasteiger partial charge >= 0.3 is 12.1 Å². The number of rotatable bonds is 13. The lowest BCUT2D eigenvalue weighted by Gasteiger charge is -2.41. The molecule has 5 atom stereocenters. The highest BCUT2D eigenvalue weighted by Crippen LogP contribution is 2.43. The van der Waals surface area contributed by atoms with E-state index in [1.54, 1.807) is 12.3 Å². The van der Waals surface area contributed by atoms with Gasteiger partial charge in [-0.1, -0.05) is 97.9 Å². The molecule has 3 N–H and O–H groups in total. The first-order valence-corrected chi connectivity index (χ1v) is 19.5. The molecule has 1 aromatic heterocycles. The van der Waals surface area contributed by atoms with Gasteiger partial charge in [0.1, 0.15) is 17.7 Å². The largest absolute Gasteiger partial charge is 0.478 e. The van der Waals surface area contributed by atoms with E-state index in [1.807, 2.05) is 110 Å². The number of thioether (sulfide) groups is 1. The van der Waals surface area contributed by atoms with Crippen LogP contribution in [0.4, 0.5) is 4.79 Å². The number of ether oxygens (including phenoxy) is 3. The van der Waals surface area contributed by atoms with Crippen molar-refractivity contribution in [2.45, 2.75) is 62.7 Å². The summed E-state index contributed by atoms with van der Waals surface area (Å²) in [6.07, 6.45) is -0.868. The van der Waals surface area contributed by atoms with Crippen LogP contribution in [0.5, 0.6) is 0 Å². The van der Waals surface area contributed by atoms with Gasteiger partial charge in [-0.3, -0.25) is 14.5 Å². The van der Waals surface area contributed by atoms with Gasteiger partial charge in [0.2, 0.25) is 5.91 Å². The van der Waals surface area contributed by atoms with E-state index in [2.05, 4.69) is 10.3 Å². The van der Waals surface area contributed by atoms with Crippen LogP contribution in [-0.4, -0.2) is 61.9 Å². The highest BCUT2D eigenvalue weighted by Gasteiger charge is 2.40. The summed E-state index contributed by atoms with van der Waals surface area (Å²) >= 11 is 1.32. The van der Waals surface area contributed by atoms with Crippen LogP contribution in [0.2, 0.25) is 0 Å². The smallest absolute Gasteiger partial charge is 0.408 e. The Kier molecular flexibility index (Phi) is 12.4. The Morgan fingerprint density at radius 3 is 2.35 bits per heavy atom. The van der Waals surface area contributed by atoms with Gasteiger partial charge in [-0.05, 0) is 57.6 Å². The molecule has 4 aromatic carbocycles.